The molecule has 1 aromatic heterocycles. The van der Waals surface area contributed by atoms with Crippen LogP contribution in [0.15, 0.2) is 54.6 Å². The van der Waals surface area contributed by atoms with Gasteiger partial charge in [-0.05, 0) is 29.8 Å². The number of halogens is 3. The monoisotopic (exact) mass is 398 g/mol. The highest BCUT2D eigenvalue weighted by Crippen LogP contribution is 2.26. The molecule has 0 amide bonds. The molecule has 0 saturated heterocycles. The van der Waals surface area contributed by atoms with Crippen molar-refractivity contribution in [1.82, 2.24) is 4.57 Å². The Morgan fingerprint density at radius 2 is 1.70 bits per heavy atom. The van der Waals surface area contributed by atoms with E-state index < -0.39 is 21.5 Å². The predicted molar refractivity (Wildman–Crippen MR) is 93.0 cm³/mol. The van der Waals surface area contributed by atoms with Gasteiger partial charge in [0, 0.05) is 23.1 Å². The molecule has 2 N–H and O–H groups in total. The van der Waals surface area contributed by atoms with E-state index in [2.05, 4.69) is 0 Å². The summed E-state index contributed by atoms with van der Waals surface area (Å²) in [4.78, 5) is 11.5. The number of nitrogens with one attached hydrogen (secondary N) is 1. The molecule has 3 aromatic rings. The Bertz CT molecular complexity index is 1100. The summed E-state index contributed by atoms with van der Waals surface area (Å²) in [5.74, 6) is -1.11. The number of carboxylic acids is 1. The maximum absolute atomic E-state index is 12.4. The van der Waals surface area contributed by atoms with Gasteiger partial charge >= 0.3 is 21.5 Å². The van der Waals surface area contributed by atoms with E-state index in [0.29, 0.717) is 11.1 Å². The first-order valence-electron chi connectivity index (χ1n) is 7.58. The van der Waals surface area contributed by atoms with Gasteiger partial charge < -0.3 is 9.67 Å². The van der Waals surface area contributed by atoms with Crippen molar-refractivity contribution in [3.05, 3.63) is 65.9 Å². The van der Waals surface area contributed by atoms with Crippen molar-refractivity contribution in [3.63, 3.8) is 0 Å². The number of aromatic carboxylic acids is 1. The van der Waals surface area contributed by atoms with Crippen LogP contribution in [-0.4, -0.2) is 29.6 Å². The SMILES string of the molecule is O=C(O)c1cc2ccccc2n1Cc1ccc(NS(=O)(=O)C(F)(F)F)cc1. The highest BCUT2D eigenvalue weighted by molar-refractivity contribution is 7.93. The van der Waals surface area contributed by atoms with E-state index in [1.54, 1.807) is 28.8 Å². The number of para-hydroxylation sites is 1. The molecular formula is C17H13F3N2O4S. The zero-order valence-corrected chi connectivity index (χ0v) is 14.4. The number of sulfonamides is 1. The number of aromatic nitrogens is 1. The first-order chi connectivity index (χ1) is 12.6. The lowest BCUT2D eigenvalue weighted by Crippen LogP contribution is -2.29. The molecule has 0 fully saturated rings. The number of alkyl halides is 3. The van der Waals surface area contributed by atoms with Gasteiger partial charge in [-0.2, -0.15) is 21.6 Å². The number of carboxylic acid groups (broad SMARTS) is 1. The summed E-state index contributed by atoms with van der Waals surface area (Å²) in [5.41, 5.74) is -4.30. The first kappa shape index (κ1) is 18.8. The Balaban J connectivity index is 1.89. The standard InChI is InChI=1S/C17H13F3N2O4S/c18-17(19,20)27(25,26)21-13-7-5-11(6-8-13)10-22-14-4-2-1-3-12(14)9-15(22)16(23)24/h1-9,21H,10H2,(H,23,24). The molecule has 0 bridgehead atoms. The second-order valence-electron chi connectivity index (χ2n) is 5.73. The fraction of sp³-hybridized carbons (Fsp3) is 0.118. The fourth-order valence-electron chi connectivity index (χ4n) is 2.63. The molecule has 27 heavy (non-hydrogen) atoms. The summed E-state index contributed by atoms with van der Waals surface area (Å²) in [6, 6.07) is 13.8. The van der Waals surface area contributed by atoms with Crippen LogP contribution in [0.2, 0.25) is 0 Å². The van der Waals surface area contributed by atoms with Crippen LogP contribution in [0.1, 0.15) is 16.1 Å². The Morgan fingerprint density at radius 3 is 2.30 bits per heavy atom. The predicted octanol–water partition coefficient (Wildman–Crippen LogP) is 3.65. The van der Waals surface area contributed by atoms with Crippen molar-refractivity contribution in [2.75, 3.05) is 4.72 Å². The molecule has 0 saturated carbocycles. The van der Waals surface area contributed by atoms with E-state index in [-0.39, 0.29) is 17.9 Å². The van der Waals surface area contributed by atoms with Crippen LogP contribution in [-0.2, 0) is 16.6 Å². The van der Waals surface area contributed by atoms with E-state index in [9.17, 15) is 31.5 Å². The normalized spacial score (nSPS) is 12.3. The van der Waals surface area contributed by atoms with Crippen LogP contribution in [0.25, 0.3) is 10.9 Å². The van der Waals surface area contributed by atoms with Crippen LogP contribution in [0.5, 0.6) is 0 Å². The molecule has 0 aliphatic rings. The first-order valence-corrected chi connectivity index (χ1v) is 9.06. The molecule has 6 nitrogen and oxygen atoms in total. The van der Waals surface area contributed by atoms with E-state index in [1.807, 2.05) is 0 Å². The topological polar surface area (TPSA) is 88.4 Å². The summed E-state index contributed by atoms with van der Waals surface area (Å²) in [6.45, 7) is 0.154. The van der Waals surface area contributed by atoms with E-state index in [4.69, 9.17) is 0 Å². The average Bonchev–Trinajstić information content (AvgIpc) is 2.94. The van der Waals surface area contributed by atoms with Crippen LogP contribution in [0, 0.1) is 0 Å². The summed E-state index contributed by atoms with van der Waals surface area (Å²) < 4.78 is 62.5. The molecule has 0 aliphatic carbocycles. The highest BCUT2D eigenvalue weighted by atomic mass is 32.2. The lowest BCUT2D eigenvalue weighted by atomic mass is 10.2. The van der Waals surface area contributed by atoms with E-state index in [0.717, 1.165) is 5.39 Å². The molecule has 2 aromatic carbocycles. The fourth-order valence-corrected chi connectivity index (χ4v) is 3.19. The average molecular weight is 398 g/mol. The van der Waals surface area contributed by atoms with Crippen molar-refractivity contribution in [1.29, 1.82) is 0 Å². The Hall–Kier alpha value is -3.01. The molecule has 10 heteroatoms. The molecule has 3 rings (SSSR count). The molecular weight excluding hydrogens is 385 g/mol. The number of anilines is 1. The largest absolute Gasteiger partial charge is 0.516 e. The summed E-state index contributed by atoms with van der Waals surface area (Å²) in [5, 5.41) is 10.1. The molecule has 0 unspecified atom stereocenters. The number of benzene rings is 2. The van der Waals surface area contributed by atoms with Crippen LogP contribution >= 0.6 is 0 Å². The van der Waals surface area contributed by atoms with Gasteiger partial charge in [0.2, 0.25) is 0 Å². The third kappa shape index (κ3) is 3.75. The van der Waals surface area contributed by atoms with Crippen molar-refractivity contribution in [3.8, 4) is 0 Å². The number of fused-ring (bicyclic) bond motifs is 1. The summed E-state index contributed by atoms with van der Waals surface area (Å²) in [6.07, 6.45) is 0. The second kappa shape index (κ2) is 6.62. The van der Waals surface area contributed by atoms with Crippen molar-refractivity contribution in [2.24, 2.45) is 0 Å². The van der Waals surface area contributed by atoms with Crippen molar-refractivity contribution in [2.45, 2.75) is 12.1 Å². The zero-order chi connectivity index (χ0) is 19.8. The van der Waals surface area contributed by atoms with Gasteiger partial charge in [-0.3, -0.25) is 4.72 Å². The number of hydrogen-bond donors (Lipinski definition) is 2. The Labute approximate surface area is 151 Å². The van der Waals surface area contributed by atoms with Crippen molar-refractivity contribution < 1.29 is 31.5 Å². The van der Waals surface area contributed by atoms with E-state index in [1.165, 1.54) is 35.1 Å². The van der Waals surface area contributed by atoms with Gasteiger partial charge in [0.1, 0.15) is 5.69 Å². The van der Waals surface area contributed by atoms with Gasteiger partial charge in [0.25, 0.3) is 0 Å². The Morgan fingerprint density at radius 1 is 1.07 bits per heavy atom. The van der Waals surface area contributed by atoms with Gasteiger partial charge in [-0.25, -0.2) is 4.79 Å². The molecule has 142 valence electrons. The molecule has 1 heterocycles. The minimum Gasteiger partial charge on any atom is -0.477 e. The summed E-state index contributed by atoms with van der Waals surface area (Å²) >= 11 is 0. The number of nitrogens with zero attached hydrogens (tertiary/aromatic N) is 1. The third-order valence-electron chi connectivity index (χ3n) is 3.88. The minimum absolute atomic E-state index is 0.0676. The smallest absolute Gasteiger partial charge is 0.477 e. The van der Waals surface area contributed by atoms with Crippen LogP contribution in [0.3, 0.4) is 0 Å². The minimum atomic E-state index is -5.49. The highest BCUT2D eigenvalue weighted by Gasteiger charge is 2.46. The Kier molecular flexibility index (Phi) is 4.60. The van der Waals surface area contributed by atoms with Gasteiger partial charge in [0.05, 0.1) is 0 Å². The zero-order valence-electron chi connectivity index (χ0n) is 13.6. The van der Waals surface area contributed by atoms with Crippen molar-refractivity contribution >= 4 is 32.6 Å². The second-order valence-corrected chi connectivity index (χ2v) is 7.40. The van der Waals surface area contributed by atoms with Gasteiger partial charge in [0.15, 0.2) is 0 Å². The van der Waals surface area contributed by atoms with Crippen LogP contribution in [0.4, 0.5) is 18.9 Å². The van der Waals surface area contributed by atoms with Gasteiger partial charge in [-0.1, -0.05) is 30.3 Å². The molecule has 0 radical (unpaired) electrons. The maximum Gasteiger partial charge on any atom is 0.516 e. The van der Waals surface area contributed by atoms with Crippen LogP contribution < -0.4 is 4.72 Å². The lowest BCUT2D eigenvalue weighted by molar-refractivity contribution is -0.0429. The number of hydrogen-bond acceptors (Lipinski definition) is 3. The number of rotatable bonds is 5. The van der Waals surface area contributed by atoms with E-state index >= 15 is 0 Å². The third-order valence-corrected chi connectivity index (χ3v) is 5.00. The maximum atomic E-state index is 12.4. The molecule has 0 spiro atoms. The van der Waals surface area contributed by atoms with Gasteiger partial charge in [-0.15, -0.1) is 0 Å². The number of carbonyl (C=O) groups is 1. The lowest BCUT2D eigenvalue weighted by Gasteiger charge is -2.12. The summed E-state index contributed by atoms with van der Waals surface area (Å²) in [7, 11) is -5.49. The quantitative estimate of drug-likeness (QED) is 0.687. The molecule has 0 atom stereocenters. The molecule has 0 aliphatic heterocycles.